The number of thiocarbonyl (C=S) groups is 1. The molecule has 0 aromatic heterocycles. The third-order valence-electron chi connectivity index (χ3n) is 3.17. The molecular weight excluding hydrogens is 254 g/mol. The Morgan fingerprint density at radius 1 is 1.41 bits per heavy atom. The first-order valence-corrected chi connectivity index (χ1v) is 6.67. The molecule has 0 heterocycles. The van der Waals surface area contributed by atoms with Crippen molar-refractivity contribution in [2.24, 2.45) is 11.7 Å². The summed E-state index contributed by atoms with van der Waals surface area (Å²) in [6, 6.07) is 5.47. The van der Waals surface area contributed by atoms with Crippen molar-refractivity contribution < 1.29 is 4.74 Å². The summed E-state index contributed by atoms with van der Waals surface area (Å²) in [5, 5.41) is 0.557. The van der Waals surface area contributed by atoms with E-state index in [4.69, 9.17) is 34.3 Å². The Morgan fingerprint density at radius 2 is 2.12 bits per heavy atom. The lowest BCUT2D eigenvalue weighted by atomic mass is 10.1. The van der Waals surface area contributed by atoms with Crippen LogP contribution in [0.5, 0.6) is 5.75 Å². The van der Waals surface area contributed by atoms with E-state index >= 15 is 0 Å². The molecule has 0 aliphatic heterocycles. The second-order valence-electron chi connectivity index (χ2n) is 4.47. The van der Waals surface area contributed by atoms with Gasteiger partial charge < -0.3 is 10.5 Å². The highest BCUT2D eigenvalue weighted by Crippen LogP contribution is 2.27. The van der Waals surface area contributed by atoms with Gasteiger partial charge in [0.1, 0.15) is 10.7 Å². The van der Waals surface area contributed by atoms with Crippen LogP contribution in [0, 0.1) is 5.92 Å². The Kier molecular flexibility index (Phi) is 4.24. The van der Waals surface area contributed by atoms with Crippen LogP contribution in [-0.4, -0.2) is 11.6 Å². The predicted octanol–water partition coefficient (Wildman–Crippen LogP) is 3.54. The Hall–Kier alpha value is -0.800. The van der Waals surface area contributed by atoms with Gasteiger partial charge in [0.2, 0.25) is 0 Å². The molecule has 2 nitrogen and oxygen atoms in total. The van der Waals surface area contributed by atoms with Gasteiger partial charge in [-0.2, -0.15) is 0 Å². The van der Waals surface area contributed by atoms with Gasteiger partial charge in [0.25, 0.3) is 0 Å². The summed E-state index contributed by atoms with van der Waals surface area (Å²) in [7, 11) is 0. The van der Waals surface area contributed by atoms with E-state index in [0.717, 1.165) is 12.4 Å². The fourth-order valence-electron chi connectivity index (χ4n) is 2.18. The molecular formula is C13H16ClNOS. The molecule has 0 spiro atoms. The van der Waals surface area contributed by atoms with E-state index in [9.17, 15) is 0 Å². The number of benzene rings is 1. The Labute approximate surface area is 112 Å². The van der Waals surface area contributed by atoms with Crippen molar-refractivity contribution >= 4 is 28.8 Å². The van der Waals surface area contributed by atoms with Crippen LogP contribution in [0.1, 0.15) is 31.2 Å². The van der Waals surface area contributed by atoms with Crippen molar-refractivity contribution in [2.45, 2.75) is 25.7 Å². The summed E-state index contributed by atoms with van der Waals surface area (Å²) in [6.07, 6.45) is 5.21. The number of ether oxygens (including phenoxy) is 1. The number of rotatable bonds is 4. The number of hydrogen-bond acceptors (Lipinski definition) is 2. The van der Waals surface area contributed by atoms with Crippen LogP contribution in [0.15, 0.2) is 18.2 Å². The quantitative estimate of drug-likeness (QED) is 0.849. The molecule has 17 heavy (non-hydrogen) atoms. The summed E-state index contributed by atoms with van der Waals surface area (Å²) < 4.78 is 5.74. The SMILES string of the molecule is NC(=S)c1ccc(OCC2CCCC2)cc1Cl. The monoisotopic (exact) mass is 269 g/mol. The van der Waals surface area contributed by atoms with E-state index in [1.807, 2.05) is 12.1 Å². The van der Waals surface area contributed by atoms with Crippen LogP contribution in [0.3, 0.4) is 0 Å². The topological polar surface area (TPSA) is 35.2 Å². The lowest BCUT2D eigenvalue weighted by molar-refractivity contribution is 0.252. The molecule has 1 aromatic carbocycles. The third-order valence-corrected chi connectivity index (χ3v) is 3.70. The zero-order valence-electron chi connectivity index (χ0n) is 9.62. The van der Waals surface area contributed by atoms with Gasteiger partial charge in [-0.25, -0.2) is 0 Å². The first-order valence-electron chi connectivity index (χ1n) is 5.89. The summed E-state index contributed by atoms with van der Waals surface area (Å²) in [5.74, 6) is 1.49. The third kappa shape index (κ3) is 3.33. The maximum atomic E-state index is 6.07. The molecule has 1 aromatic rings. The molecule has 0 atom stereocenters. The zero-order valence-corrected chi connectivity index (χ0v) is 11.2. The van der Waals surface area contributed by atoms with Crippen LogP contribution in [0.25, 0.3) is 0 Å². The first-order chi connectivity index (χ1) is 8.16. The van der Waals surface area contributed by atoms with E-state index in [0.29, 0.717) is 21.5 Å². The molecule has 92 valence electrons. The average Bonchev–Trinajstić information content (AvgIpc) is 2.78. The number of hydrogen-bond donors (Lipinski definition) is 1. The smallest absolute Gasteiger partial charge is 0.120 e. The fraction of sp³-hybridized carbons (Fsp3) is 0.462. The Balaban J connectivity index is 1.97. The van der Waals surface area contributed by atoms with Crippen molar-refractivity contribution in [2.75, 3.05) is 6.61 Å². The molecule has 0 radical (unpaired) electrons. The highest BCUT2D eigenvalue weighted by atomic mass is 35.5. The highest BCUT2D eigenvalue weighted by molar-refractivity contribution is 7.80. The summed E-state index contributed by atoms with van der Waals surface area (Å²) in [4.78, 5) is 0.317. The molecule has 2 rings (SSSR count). The lowest BCUT2D eigenvalue weighted by Crippen LogP contribution is -2.11. The van der Waals surface area contributed by atoms with Gasteiger partial charge in [0.15, 0.2) is 0 Å². The molecule has 0 saturated heterocycles. The molecule has 0 unspecified atom stereocenters. The van der Waals surface area contributed by atoms with E-state index in [-0.39, 0.29) is 0 Å². The Morgan fingerprint density at radius 3 is 2.71 bits per heavy atom. The molecule has 1 saturated carbocycles. The minimum absolute atomic E-state index is 0.317. The van der Waals surface area contributed by atoms with Gasteiger partial charge in [-0.3, -0.25) is 0 Å². The molecule has 1 aliphatic carbocycles. The number of halogens is 1. The van der Waals surface area contributed by atoms with E-state index < -0.39 is 0 Å². The van der Waals surface area contributed by atoms with E-state index in [1.165, 1.54) is 25.7 Å². The van der Waals surface area contributed by atoms with Gasteiger partial charge >= 0.3 is 0 Å². The largest absolute Gasteiger partial charge is 0.493 e. The van der Waals surface area contributed by atoms with Gasteiger partial charge in [0.05, 0.1) is 11.6 Å². The predicted molar refractivity (Wildman–Crippen MR) is 74.8 cm³/mol. The summed E-state index contributed by atoms with van der Waals surface area (Å²) in [6.45, 7) is 0.781. The van der Waals surface area contributed by atoms with Gasteiger partial charge in [-0.15, -0.1) is 0 Å². The summed E-state index contributed by atoms with van der Waals surface area (Å²) in [5.41, 5.74) is 6.25. The van der Waals surface area contributed by atoms with Crippen molar-refractivity contribution in [3.63, 3.8) is 0 Å². The van der Waals surface area contributed by atoms with Gasteiger partial charge in [-0.1, -0.05) is 36.7 Å². The van der Waals surface area contributed by atoms with Crippen LogP contribution < -0.4 is 10.5 Å². The highest BCUT2D eigenvalue weighted by Gasteiger charge is 2.15. The minimum atomic E-state index is 0.317. The molecule has 1 aliphatic rings. The van der Waals surface area contributed by atoms with Gasteiger partial charge in [0, 0.05) is 5.56 Å². The standard InChI is InChI=1S/C13H16ClNOS/c14-12-7-10(5-6-11(12)13(15)17)16-8-9-3-1-2-4-9/h5-7,9H,1-4,8H2,(H2,15,17). The van der Waals surface area contributed by atoms with Crippen molar-refractivity contribution in [3.05, 3.63) is 28.8 Å². The minimum Gasteiger partial charge on any atom is -0.493 e. The van der Waals surface area contributed by atoms with Crippen molar-refractivity contribution in [1.82, 2.24) is 0 Å². The normalized spacial score (nSPS) is 16.1. The molecule has 0 bridgehead atoms. The second-order valence-corrected chi connectivity index (χ2v) is 5.31. The van der Waals surface area contributed by atoms with Crippen LogP contribution >= 0.6 is 23.8 Å². The van der Waals surface area contributed by atoms with Crippen LogP contribution in [0.2, 0.25) is 5.02 Å². The lowest BCUT2D eigenvalue weighted by Gasteiger charge is -2.12. The van der Waals surface area contributed by atoms with Crippen molar-refractivity contribution in [1.29, 1.82) is 0 Å². The zero-order chi connectivity index (χ0) is 12.3. The molecule has 0 amide bonds. The number of nitrogens with two attached hydrogens (primary N) is 1. The molecule has 2 N–H and O–H groups in total. The maximum Gasteiger partial charge on any atom is 0.120 e. The fourth-order valence-corrected chi connectivity index (χ4v) is 2.68. The first kappa shape index (κ1) is 12.7. The molecule has 4 heteroatoms. The second kappa shape index (κ2) is 5.69. The average molecular weight is 270 g/mol. The van der Waals surface area contributed by atoms with Crippen LogP contribution in [-0.2, 0) is 0 Å². The van der Waals surface area contributed by atoms with Crippen molar-refractivity contribution in [3.8, 4) is 5.75 Å². The Bertz CT molecular complexity index is 416. The summed E-state index contributed by atoms with van der Waals surface area (Å²) >= 11 is 11.0. The van der Waals surface area contributed by atoms with Gasteiger partial charge in [-0.05, 0) is 37.0 Å². The van der Waals surface area contributed by atoms with E-state index in [1.54, 1.807) is 6.07 Å². The maximum absolute atomic E-state index is 6.07. The van der Waals surface area contributed by atoms with E-state index in [2.05, 4.69) is 0 Å². The van der Waals surface area contributed by atoms with Crippen LogP contribution in [0.4, 0.5) is 0 Å². The molecule has 1 fully saturated rings.